The van der Waals surface area contributed by atoms with Crippen molar-refractivity contribution in [3.8, 4) is 0 Å². The lowest BCUT2D eigenvalue weighted by Gasteiger charge is -2.48. The summed E-state index contributed by atoms with van der Waals surface area (Å²) in [7, 11) is 1.58. The fraction of sp³-hybridized carbons (Fsp3) is 0.773. The van der Waals surface area contributed by atoms with E-state index in [0.29, 0.717) is 29.1 Å². The maximum Gasteiger partial charge on any atom is 0.343 e. The van der Waals surface area contributed by atoms with Crippen LogP contribution in [0.1, 0.15) is 52.9 Å². The highest BCUT2D eigenvalue weighted by atomic mass is 16.7. The van der Waals surface area contributed by atoms with E-state index in [4.69, 9.17) is 18.9 Å². The zero-order valence-corrected chi connectivity index (χ0v) is 17.1. The molecule has 5 saturated heterocycles. The first-order valence-electron chi connectivity index (χ1n) is 10.8. The third kappa shape index (κ3) is 1.65. The van der Waals surface area contributed by atoms with Crippen LogP contribution in [0.4, 0.5) is 0 Å². The highest BCUT2D eigenvalue weighted by Gasteiger charge is 2.84. The van der Waals surface area contributed by atoms with Crippen LogP contribution in [0.5, 0.6) is 0 Å². The van der Waals surface area contributed by atoms with Crippen LogP contribution in [0.3, 0.4) is 0 Å². The molecule has 0 N–H and O–H groups in total. The highest BCUT2D eigenvalue weighted by molar-refractivity contribution is 5.93. The Labute approximate surface area is 165 Å². The number of carbonyl (C=O) groups excluding carboxylic acids is 1. The predicted octanol–water partition coefficient (Wildman–Crippen LogP) is 3.09. The van der Waals surface area contributed by atoms with Gasteiger partial charge < -0.3 is 18.9 Å². The van der Waals surface area contributed by atoms with Gasteiger partial charge in [0.15, 0.2) is 5.76 Å². The van der Waals surface area contributed by atoms with Crippen molar-refractivity contribution in [1.29, 1.82) is 0 Å². The summed E-state index contributed by atoms with van der Waals surface area (Å²) in [4.78, 5) is 14.9. The Morgan fingerprint density at radius 2 is 2.18 bits per heavy atom. The Hall–Kier alpha value is -1.53. The molecule has 0 aliphatic carbocycles. The Morgan fingerprint density at radius 3 is 2.93 bits per heavy atom. The van der Waals surface area contributed by atoms with Gasteiger partial charge in [0.25, 0.3) is 0 Å². The number of nitrogens with zero attached hydrogens (tertiary/aromatic N) is 1. The van der Waals surface area contributed by atoms with Gasteiger partial charge in [-0.05, 0) is 32.7 Å². The summed E-state index contributed by atoms with van der Waals surface area (Å²) in [6.07, 6.45) is 6.15. The van der Waals surface area contributed by atoms with Gasteiger partial charge in [-0.25, -0.2) is 4.79 Å². The molecule has 1 spiro atoms. The van der Waals surface area contributed by atoms with Crippen LogP contribution in [-0.2, 0) is 23.7 Å². The van der Waals surface area contributed by atoms with Crippen molar-refractivity contribution in [1.82, 2.24) is 4.90 Å². The Kier molecular flexibility index (Phi) is 3.30. The van der Waals surface area contributed by atoms with Crippen LogP contribution in [0, 0.1) is 17.8 Å². The molecule has 5 fully saturated rings. The summed E-state index contributed by atoms with van der Waals surface area (Å²) in [6, 6.07) is 0.496. The number of piperidine rings is 1. The first-order chi connectivity index (χ1) is 13.5. The number of cyclic esters (lactones) is 1. The van der Waals surface area contributed by atoms with Crippen LogP contribution in [-0.4, -0.2) is 48.0 Å². The second kappa shape index (κ2) is 5.33. The summed E-state index contributed by atoms with van der Waals surface area (Å²) in [6.45, 7) is 7.37. The number of unbranched alkanes of at least 4 members (excludes halogenated alkanes) is 1. The molecule has 0 aromatic carbocycles. The molecule has 6 aliphatic rings. The van der Waals surface area contributed by atoms with E-state index in [1.54, 1.807) is 14.0 Å². The van der Waals surface area contributed by atoms with Crippen molar-refractivity contribution in [2.45, 2.75) is 76.3 Å². The molecular formula is C22H29NO5. The number of fused-ring (bicyclic) bond motifs is 1. The quantitative estimate of drug-likeness (QED) is 0.691. The minimum atomic E-state index is -0.558. The molecule has 6 unspecified atom stereocenters. The van der Waals surface area contributed by atoms with Gasteiger partial charge in [-0.3, -0.25) is 4.90 Å². The van der Waals surface area contributed by atoms with Gasteiger partial charge >= 0.3 is 5.97 Å². The van der Waals surface area contributed by atoms with Crippen molar-refractivity contribution in [2.75, 3.05) is 13.7 Å². The van der Waals surface area contributed by atoms with Crippen LogP contribution in [0.2, 0.25) is 0 Å². The number of hydrogen-bond donors (Lipinski definition) is 0. The third-order valence-electron chi connectivity index (χ3n) is 8.53. The predicted molar refractivity (Wildman–Crippen MR) is 99.6 cm³/mol. The molecule has 28 heavy (non-hydrogen) atoms. The summed E-state index contributed by atoms with van der Waals surface area (Å²) >= 11 is 0. The molecule has 6 nitrogen and oxygen atoms in total. The number of carbonyl (C=O) groups is 1. The zero-order chi connectivity index (χ0) is 19.4. The maximum absolute atomic E-state index is 12.2. The van der Waals surface area contributed by atoms with Crippen molar-refractivity contribution in [3.63, 3.8) is 0 Å². The standard InChI is InChI=1S/C22H29NO5/c1-5-6-8-21-14-7-9-23(21)13-10-15(21)27-22(14)16(13)11(2)18(28-22)19-17(25-4)12(3)20(24)26-19/h11,13-16H,5-10H2,1-4H3/b19-18-/t11-,13?,14?,15?,16?,21?,22-/m1/s1. The van der Waals surface area contributed by atoms with Gasteiger partial charge in [-0.2, -0.15) is 0 Å². The van der Waals surface area contributed by atoms with E-state index in [9.17, 15) is 4.79 Å². The molecule has 6 heteroatoms. The zero-order valence-electron chi connectivity index (χ0n) is 17.1. The van der Waals surface area contributed by atoms with E-state index in [2.05, 4.69) is 18.7 Å². The fourth-order valence-corrected chi connectivity index (χ4v) is 7.64. The van der Waals surface area contributed by atoms with E-state index >= 15 is 0 Å². The van der Waals surface area contributed by atoms with Crippen molar-refractivity contribution >= 4 is 5.97 Å². The van der Waals surface area contributed by atoms with Crippen molar-refractivity contribution in [3.05, 3.63) is 22.9 Å². The van der Waals surface area contributed by atoms with Gasteiger partial charge in [0, 0.05) is 17.9 Å². The molecular weight excluding hydrogens is 358 g/mol. The molecule has 0 saturated carbocycles. The highest BCUT2D eigenvalue weighted by Crippen LogP contribution is 2.73. The molecule has 6 heterocycles. The van der Waals surface area contributed by atoms with Crippen molar-refractivity contribution in [2.24, 2.45) is 17.8 Å². The van der Waals surface area contributed by atoms with Gasteiger partial charge in [0.05, 0.1) is 30.2 Å². The van der Waals surface area contributed by atoms with Gasteiger partial charge in [0.2, 0.25) is 11.5 Å². The molecule has 0 radical (unpaired) electrons. The summed E-state index contributed by atoms with van der Waals surface area (Å²) in [5, 5.41) is 0. The lowest BCUT2D eigenvalue weighted by molar-refractivity contribution is -0.256. The first-order valence-corrected chi connectivity index (χ1v) is 10.8. The van der Waals surface area contributed by atoms with Crippen LogP contribution in [0.15, 0.2) is 22.9 Å². The largest absolute Gasteiger partial charge is 0.492 e. The van der Waals surface area contributed by atoms with Crippen molar-refractivity contribution < 1.29 is 23.7 Å². The number of ether oxygens (including phenoxy) is 4. The number of methoxy groups -OCH3 is 1. The van der Waals surface area contributed by atoms with Crippen LogP contribution in [0.25, 0.3) is 0 Å². The lowest BCUT2D eigenvalue weighted by Crippen LogP contribution is -2.61. The molecule has 8 atom stereocenters. The number of rotatable bonds is 4. The second-order valence-corrected chi connectivity index (χ2v) is 9.42. The van der Waals surface area contributed by atoms with E-state index < -0.39 is 5.79 Å². The Balaban J connectivity index is 1.46. The van der Waals surface area contributed by atoms with Crippen LogP contribution < -0.4 is 0 Å². The molecule has 5 bridgehead atoms. The number of esters is 1. The van der Waals surface area contributed by atoms with E-state index in [0.717, 1.165) is 25.1 Å². The SMILES string of the molecule is CCCCC12C3CC4C5[C@@H](C)/C(=C6/OC(=O)C(C)=C6OC)O[C@]5(O3)C1CCN42. The average Bonchev–Trinajstić information content (AvgIpc) is 3.38. The van der Waals surface area contributed by atoms with Gasteiger partial charge in [0.1, 0.15) is 5.76 Å². The van der Waals surface area contributed by atoms with E-state index in [1.165, 1.54) is 19.3 Å². The normalized spacial score (nSPS) is 52.5. The molecule has 152 valence electrons. The topological polar surface area (TPSA) is 57.2 Å². The summed E-state index contributed by atoms with van der Waals surface area (Å²) in [5.41, 5.74) is 0.659. The van der Waals surface area contributed by atoms with Gasteiger partial charge in [-0.1, -0.05) is 26.7 Å². The molecule has 6 aliphatic heterocycles. The first kappa shape index (κ1) is 17.3. The molecule has 0 aromatic heterocycles. The van der Waals surface area contributed by atoms with E-state index in [-0.39, 0.29) is 29.4 Å². The molecule has 0 amide bonds. The lowest BCUT2D eigenvalue weighted by atomic mass is 9.69. The number of allylic oxidation sites excluding steroid dienone is 1. The molecule has 6 rings (SSSR count). The van der Waals surface area contributed by atoms with E-state index in [1.807, 2.05) is 0 Å². The number of hydrogen-bond acceptors (Lipinski definition) is 6. The van der Waals surface area contributed by atoms with Crippen LogP contribution >= 0.6 is 0 Å². The average molecular weight is 387 g/mol. The Morgan fingerprint density at radius 1 is 1.36 bits per heavy atom. The summed E-state index contributed by atoms with van der Waals surface area (Å²) < 4.78 is 24.7. The monoisotopic (exact) mass is 387 g/mol. The smallest absolute Gasteiger partial charge is 0.343 e. The molecule has 0 aromatic rings. The third-order valence-corrected chi connectivity index (χ3v) is 8.53. The second-order valence-electron chi connectivity index (χ2n) is 9.42. The maximum atomic E-state index is 12.2. The Bertz CT molecular complexity index is 833. The van der Waals surface area contributed by atoms with Gasteiger partial charge in [-0.15, -0.1) is 0 Å². The minimum absolute atomic E-state index is 0.134. The minimum Gasteiger partial charge on any atom is -0.492 e. The fourth-order valence-electron chi connectivity index (χ4n) is 7.64. The summed E-state index contributed by atoms with van der Waals surface area (Å²) in [5.74, 6) is 1.64.